The summed E-state index contributed by atoms with van der Waals surface area (Å²) in [5.41, 5.74) is 2.23. The summed E-state index contributed by atoms with van der Waals surface area (Å²) in [5, 5.41) is 2.11. The van der Waals surface area contributed by atoms with E-state index in [9.17, 15) is 0 Å². The van der Waals surface area contributed by atoms with Gasteiger partial charge in [0.05, 0.1) is 0 Å². The van der Waals surface area contributed by atoms with Crippen LogP contribution in [-0.4, -0.2) is 4.98 Å². The summed E-state index contributed by atoms with van der Waals surface area (Å²) in [5.74, 6) is 0. The molecule has 1 nitrogen and oxygen atoms in total. The molecule has 1 heterocycles. The van der Waals surface area contributed by atoms with Gasteiger partial charge in [-0.2, -0.15) is 0 Å². The van der Waals surface area contributed by atoms with Crippen LogP contribution in [0.5, 0.6) is 0 Å². The fourth-order valence-corrected chi connectivity index (χ4v) is 1.22. The monoisotopic (exact) mass is 203 g/mol. The molecule has 1 rings (SSSR count). The van der Waals surface area contributed by atoms with Gasteiger partial charge < -0.3 is 4.98 Å². The van der Waals surface area contributed by atoms with Crippen molar-refractivity contribution in [2.24, 2.45) is 0 Å². The standard InChI is InChI=1S/C12H15N.C2H6/c1-5-7-8-12-10(4)9(3)11(6-2)13-12;1-2/h5-8,13H,2,4H2,1,3H3;1-2H3/b7-5-,12-8+;. The first-order valence-corrected chi connectivity index (χ1v) is 5.33. The van der Waals surface area contributed by atoms with E-state index in [1.165, 1.54) is 5.56 Å². The lowest BCUT2D eigenvalue weighted by molar-refractivity contribution is 1.29. The van der Waals surface area contributed by atoms with E-state index in [4.69, 9.17) is 0 Å². The van der Waals surface area contributed by atoms with Crippen molar-refractivity contribution in [1.29, 1.82) is 0 Å². The third-order valence-corrected chi connectivity index (χ3v) is 2.11. The Morgan fingerprint density at radius 3 is 2.27 bits per heavy atom. The van der Waals surface area contributed by atoms with E-state index in [0.29, 0.717) is 0 Å². The molecule has 82 valence electrons. The summed E-state index contributed by atoms with van der Waals surface area (Å²) < 4.78 is 0. The van der Waals surface area contributed by atoms with Gasteiger partial charge in [0, 0.05) is 11.0 Å². The Balaban J connectivity index is 0.000000921. The van der Waals surface area contributed by atoms with Crippen molar-refractivity contribution in [3.8, 4) is 0 Å². The summed E-state index contributed by atoms with van der Waals surface area (Å²) in [6.07, 6.45) is 7.81. The topological polar surface area (TPSA) is 15.8 Å². The Bertz CT molecular complexity index is 433. The van der Waals surface area contributed by atoms with Crippen LogP contribution in [0.3, 0.4) is 0 Å². The second-order valence-electron chi connectivity index (χ2n) is 2.95. The molecule has 0 aromatic carbocycles. The van der Waals surface area contributed by atoms with Crippen molar-refractivity contribution in [1.82, 2.24) is 4.98 Å². The van der Waals surface area contributed by atoms with Crippen molar-refractivity contribution in [2.75, 3.05) is 0 Å². The smallest absolute Gasteiger partial charge is 0.0455 e. The zero-order valence-corrected chi connectivity index (χ0v) is 10.2. The van der Waals surface area contributed by atoms with Gasteiger partial charge in [0.15, 0.2) is 0 Å². The average Bonchev–Trinajstić information content (AvgIpc) is 2.56. The molecule has 0 bridgehead atoms. The number of hydrogen-bond acceptors (Lipinski definition) is 0. The summed E-state index contributed by atoms with van der Waals surface area (Å²) in [7, 11) is 0. The van der Waals surface area contributed by atoms with Gasteiger partial charge in [-0.1, -0.05) is 39.2 Å². The van der Waals surface area contributed by atoms with Crippen LogP contribution >= 0.6 is 0 Å². The Kier molecular flexibility index (Phi) is 6.19. The maximum absolute atomic E-state index is 4.00. The maximum Gasteiger partial charge on any atom is 0.0455 e. The van der Waals surface area contributed by atoms with Crippen LogP contribution in [0.25, 0.3) is 18.7 Å². The van der Waals surface area contributed by atoms with Crippen molar-refractivity contribution in [2.45, 2.75) is 27.7 Å². The van der Waals surface area contributed by atoms with Gasteiger partial charge in [-0.05, 0) is 36.8 Å². The average molecular weight is 203 g/mol. The highest BCUT2D eigenvalue weighted by molar-refractivity contribution is 5.50. The highest BCUT2D eigenvalue weighted by atomic mass is 14.7. The molecule has 0 amide bonds. The van der Waals surface area contributed by atoms with Crippen LogP contribution in [0.1, 0.15) is 32.0 Å². The normalized spacial score (nSPS) is 11.3. The molecule has 1 heteroatoms. The lowest BCUT2D eigenvalue weighted by Crippen LogP contribution is -2.21. The van der Waals surface area contributed by atoms with E-state index in [2.05, 4.69) is 18.1 Å². The van der Waals surface area contributed by atoms with Gasteiger partial charge in [-0.25, -0.2) is 0 Å². The molecule has 0 atom stereocenters. The van der Waals surface area contributed by atoms with Crippen molar-refractivity contribution in [3.63, 3.8) is 0 Å². The molecular formula is C14H21N. The number of rotatable bonds is 2. The molecule has 0 unspecified atom stereocenters. The molecule has 0 saturated carbocycles. The van der Waals surface area contributed by atoms with Crippen molar-refractivity contribution >= 4 is 18.7 Å². The molecule has 1 N–H and O–H groups in total. The summed E-state index contributed by atoms with van der Waals surface area (Å²) in [4.78, 5) is 3.25. The number of allylic oxidation sites excluding steroid dienone is 2. The number of aromatic amines is 1. The van der Waals surface area contributed by atoms with Gasteiger partial charge in [0.1, 0.15) is 0 Å². The quantitative estimate of drug-likeness (QED) is 0.760. The second-order valence-corrected chi connectivity index (χ2v) is 2.95. The highest BCUT2D eigenvalue weighted by Gasteiger charge is 1.97. The predicted molar refractivity (Wildman–Crippen MR) is 71.0 cm³/mol. The molecule has 0 aliphatic heterocycles. The van der Waals surface area contributed by atoms with Gasteiger partial charge in [-0.15, -0.1) is 0 Å². The lowest BCUT2D eigenvalue weighted by Gasteiger charge is -1.85. The van der Waals surface area contributed by atoms with Crippen molar-refractivity contribution in [3.05, 3.63) is 40.6 Å². The van der Waals surface area contributed by atoms with E-state index in [0.717, 1.165) is 16.3 Å². The molecule has 0 radical (unpaired) electrons. The fraction of sp³-hybridized carbons (Fsp3) is 0.286. The lowest BCUT2D eigenvalue weighted by atomic mass is 10.2. The fourth-order valence-electron chi connectivity index (χ4n) is 1.22. The van der Waals surface area contributed by atoms with Gasteiger partial charge in [0.2, 0.25) is 0 Å². The van der Waals surface area contributed by atoms with Crippen molar-refractivity contribution < 1.29 is 0 Å². The predicted octanol–water partition coefficient (Wildman–Crippen LogP) is 2.76. The zero-order valence-electron chi connectivity index (χ0n) is 10.2. The number of H-pyrrole nitrogens is 1. The van der Waals surface area contributed by atoms with E-state index in [-0.39, 0.29) is 0 Å². The van der Waals surface area contributed by atoms with Crippen LogP contribution in [0.4, 0.5) is 0 Å². The van der Waals surface area contributed by atoms with Crippen LogP contribution < -0.4 is 10.6 Å². The molecule has 0 spiro atoms. The SMILES string of the molecule is C=Cc1[nH]/c(=C/C=C\C)c(=C)c1C.CC. The third-order valence-electron chi connectivity index (χ3n) is 2.11. The molecule has 1 aromatic rings. The van der Waals surface area contributed by atoms with Crippen LogP contribution in [0.15, 0.2) is 18.7 Å². The van der Waals surface area contributed by atoms with Crippen LogP contribution in [-0.2, 0) is 0 Å². The molecule has 0 aliphatic rings. The van der Waals surface area contributed by atoms with E-state index in [1.54, 1.807) is 0 Å². The minimum atomic E-state index is 1.05. The minimum Gasteiger partial charge on any atom is -0.355 e. The van der Waals surface area contributed by atoms with Gasteiger partial charge in [0.25, 0.3) is 0 Å². The van der Waals surface area contributed by atoms with E-state index < -0.39 is 0 Å². The number of aromatic nitrogens is 1. The first-order chi connectivity index (χ1) is 7.20. The van der Waals surface area contributed by atoms with E-state index in [1.807, 2.05) is 52.0 Å². The first kappa shape index (κ1) is 13.5. The molecular weight excluding hydrogens is 182 g/mol. The van der Waals surface area contributed by atoms with E-state index >= 15 is 0 Å². The maximum atomic E-state index is 4.00. The first-order valence-electron chi connectivity index (χ1n) is 5.33. The third kappa shape index (κ3) is 3.28. The molecule has 0 aliphatic carbocycles. The number of nitrogens with one attached hydrogen (secondary N) is 1. The Labute approximate surface area is 92.5 Å². The van der Waals surface area contributed by atoms with Gasteiger partial charge >= 0.3 is 0 Å². The van der Waals surface area contributed by atoms with Crippen LogP contribution in [0.2, 0.25) is 0 Å². The molecule has 0 fully saturated rings. The minimum absolute atomic E-state index is 1.05. The highest BCUT2D eigenvalue weighted by Crippen LogP contribution is 1.96. The second kappa shape index (κ2) is 6.88. The zero-order chi connectivity index (χ0) is 11.8. The summed E-state index contributed by atoms with van der Waals surface area (Å²) >= 11 is 0. The van der Waals surface area contributed by atoms with Gasteiger partial charge in [-0.3, -0.25) is 0 Å². The molecule has 1 aromatic heterocycles. The largest absolute Gasteiger partial charge is 0.355 e. The summed E-state index contributed by atoms with van der Waals surface area (Å²) in [6.45, 7) is 15.8. The van der Waals surface area contributed by atoms with Crippen LogP contribution in [0, 0.1) is 6.92 Å². The molecule has 15 heavy (non-hydrogen) atoms. The summed E-state index contributed by atoms with van der Waals surface area (Å²) in [6, 6.07) is 0. The molecule has 0 saturated heterocycles. The Morgan fingerprint density at radius 1 is 1.27 bits per heavy atom. The number of hydrogen-bond donors (Lipinski definition) is 1. The Morgan fingerprint density at radius 2 is 1.87 bits per heavy atom. The Hall–Kier alpha value is -1.50.